The van der Waals surface area contributed by atoms with E-state index in [4.69, 9.17) is 10.8 Å². The average Bonchev–Trinajstić information content (AvgIpc) is 3.25. The zero-order chi connectivity index (χ0) is 25.8. The Kier molecular flexibility index (Phi) is 10.6. The van der Waals surface area contributed by atoms with E-state index in [1.807, 2.05) is 12.1 Å². The van der Waals surface area contributed by atoms with Crippen molar-refractivity contribution in [3.8, 4) is 0 Å². The first kappa shape index (κ1) is 27.2. The monoisotopic (exact) mass is 482 g/mol. The van der Waals surface area contributed by atoms with Gasteiger partial charge in [0.15, 0.2) is 0 Å². The zero-order valence-electron chi connectivity index (χ0n) is 19.8. The molecule has 0 bridgehead atoms. The van der Waals surface area contributed by atoms with Gasteiger partial charge in [0.05, 0.1) is 12.1 Å². The number of aliphatic imine (C=N–C) groups is 2. The maximum Gasteiger partial charge on any atom is 0.228 e. The molecular weight excluding hydrogens is 451 g/mol. The molecule has 0 aliphatic carbocycles. The molecule has 35 heavy (non-hydrogen) atoms. The fraction of sp³-hybridized carbons (Fsp3) is 0.280. The molecule has 2 rings (SSSR count). The van der Waals surface area contributed by atoms with Crippen LogP contribution in [0.15, 0.2) is 83.0 Å². The van der Waals surface area contributed by atoms with Gasteiger partial charge < -0.3 is 26.4 Å². The Labute approximate surface area is 204 Å². The highest BCUT2D eigenvalue weighted by atomic mass is 19.1. The van der Waals surface area contributed by atoms with Crippen LogP contribution in [0.4, 0.5) is 10.1 Å². The van der Waals surface area contributed by atoms with Crippen molar-refractivity contribution < 1.29 is 19.1 Å². The number of likely N-dealkylation sites (tertiary alicyclic amines) is 1. The molecule has 0 atom stereocenters. The molecular formula is C25H31FN6O3. The topological polar surface area (TPSA) is 132 Å². The van der Waals surface area contributed by atoms with Crippen molar-refractivity contribution in [2.24, 2.45) is 15.7 Å². The Morgan fingerprint density at radius 3 is 2.60 bits per heavy atom. The van der Waals surface area contributed by atoms with E-state index in [1.54, 1.807) is 12.1 Å². The third-order valence-corrected chi connectivity index (χ3v) is 4.93. The van der Waals surface area contributed by atoms with Gasteiger partial charge in [-0.15, -0.1) is 0 Å². The minimum Gasteiger partial charge on any atom is -0.396 e. The number of carbonyl (C=O) groups excluding carboxylic acids is 2. The highest BCUT2D eigenvalue weighted by molar-refractivity contribution is 6.11. The second-order valence-electron chi connectivity index (χ2n) is 7.59. The van der Waals surface area contributed by atoms with Crippen molar-refractivity contribution >= 4 is 29.3 Å². The first-order chi connectivity index (χ1) is 16.8. The third-order valence-electron chi connectivity index (χ3n) is 4.93. The lowest BCUT2D eigenvalue weighted by molar-refractivity contribution is -0.125. The van der Waals surface area contributed by atoms with E-state index < -0.39 is 11.7 Å². The largest absolute Gasteiger partial charge is 0.396 e. The second kappa shape index (κ2) is 13.6. The first-order valence-electron chi connectivity index (χ1n) is 11.1. The number of nitrogens with zero attached hydrogens (tertiary/aromatic N) is 3. The second-order valence-corrected chi connectivity index (χ2v) is 7.59. The van der Waals surface area contributed by atoms with Gasteiger partial charge in [-0.2, -0.15) is 4.99 Å². The fourth-order valence-electron chi connectivity index (χ4n) is 3.27. The molecule has 1 aliphatic heterocycles. The zero-order valence-corrected chi connectivity index (χ0v) is 19.8. The number of primary amides is 1. The number of benzene rings is 1. The van der Waals surface area contributed by atoms with E-state index in [-0.39, 0.29) is 36.4 Å². The van der Waals surface area contributed by atoms with E-state index in [1.165, 1.54) is 30.2 Å². The summed E-state index contributed by atoms with van der Waals surface area (Å²) in [6.45, 7) is 9.50. The summed E-state index contributed by atoms with van der Waals surface area (Å²) in [5, 5.41) is 14.9. The molecule has 1 saturated heterocycles. The van der Waals surface area contributed by atoms with Gasteiger partial charge in [-0.05, 0) is 49.6 Å². The molecule has 0 aromatic heterocycles. The summed E-state index contributed by atoms with van der Waals surface area (Å²) in [6.07, 6.45) is 5.24. The standard InChI is InChI=1S/C25H31FN6O3/c1-4-20(26)21(15-17(3)32-13-6-7-24(32)35)30-25(28-5-2)31-23(16-22(27)34)29-19-10-8-18(9-11-19)12-14-33/h4-5,8-11,15,33H,2-3,6-7,12-14,16H2,1H3,(H2,27,34)(H2,28,29,30,31)/b20-4+,21-15+. The van der Waals surface area contributed by atoms with Gasteiger partial charge in [0, 0.05) is 37.2 Å². The van der Waals surface area contributed by atoms with Crippen LogP contribution in [-0.4, -0.2) is 46.8 Å². The van der Waals surface area contributed by atoms with E-state index in [0.717, 1.165) is 5.56 Å². The van der Waals surface area contributed by atoms with Gasteiger partial charge >= 0.3 is 0 Å². The summed E-state index contributed by atoms with van der Waals surface area (Å²) >= 11 is 0. The highest BCUT2D eigenvalue weighted by Gasteiger charge is 2.22. The maximum absolute atomic E-state index is 14.7. The highest BCUT2D eigenvalue weighted by Crippen LogP contribution is 2.19. The predicted octanol–water partition coefficient (Wildman–Crippen LogP) is 2.89. The van der Waals surface area contributed by atoms with E-state index >= 15 is 0 Å². The summed E-state index contributed by atoms with van der Waals surface area (Å²) < 4.78 is 14.7. The number of rotatable bonds is 10. The van der Waals surface area contributed by atoms with Crippen LogP contribution in [0.3, 0.4) is 0 Å². The maximum atomic E-state index is 14.7. The number of amidine groups is 1. The van der Waals surface area contributed by atoms with Gasteiger partial charge in [0.1, 0.15) is 11.7 Å². The summed E-state index contributed by atoms with van der Waals surface area (Å²) in [6, 6.07) is 7.18. The number of nitrogens with two attached hydrogens (primary N) is 1. The third kappa shape index (κ3) is 8.67. The van der Waals surface area contributed by atoms with E-state index in [0.29, 0.717) is 37.2 Å². The van der Waals surface area contributed by atoms with Gasteiger partial charge in [-0.3, -0.25) is 9.59 Å². The molecule has 2 amide bonds. The Morgan fingerprint density at radius 2 is 2.06 bits per heavy atom. The van der Waals surface area contributed by atoms with Gasteiger partial charge in [-0.25, -0.2) is 9.38 Å². The molecule has 0 radical (unpaired) electrons. The molecule has 1 aliphatic rings. The van der Waals surface area contributed by atoms with Crippen molar-refractivity contribution in [3.05, 3.63) is 78.6 Å². The Bertz CT molecular complexity index is 1070. The first-order valence-corrected chi connectivity index (χ1v) is 11.1. The quantitative estimate of drug-likeness (QED) is 0.231. The molecule has 1 aromatic rings. The molecule has 5 N–H and O–H groups in total. The summed E-state index contributed by atoms with van der Waals surface area (Å²) in [7, 11) is 0. The van der Waals surface area contributed by atoms with E-state index in [9.17, 15) is 14.0 Å². The Morgan fingerprint density at radius 1 is 1.34 bits per heavy atom. The number of carbonyl (C=O) groups is 2. The lowest BCUT2D eigenvalue weighted by atomic mass is 10.1. The van der Waals surface area contributed by atoms with Crippen molar-refractivity contribution in [3.63, 3.8) is 0 Å². The van der Waals surface area contributed by atoms with Crippen molar-refractivity contribution in [1.82, 2.24) is 10.2 Å². The number of allylic oxidation sites excluding steroid dienone is 3. The number of amides is 2. The van der Waals surface area contributed by atoms with Crippen LogP contribution in [0.2, 0.25) is 0 Å². The van der Waals surface area contributed by atoms with Crippen molar-refractivity contribution in [1.29, 1.82) is 0 Å². The van der Waals surface area contributed by atoms with Gasteiger partial charge in [0.25, 0.3) is 0 Å². The number of halogens is 1. The predicted molar refractivity (Wildman–Crippen MR) is 136 cm³/mol. The van der Waals surface area contributed by atoms with Crippen LogP contribution in [0.25, 0.3) is 0 Å². The Hall–Kier alpha value is -4.05. The van der Waals surface area contributed by atoms with E-state index in [2.05, 4.69) is 33.8 Å². The molecule has 0 saturated carbocycles. The number of hydrogen-bond acceptors (Lipinski definition) is 4. The molecule has 1 heterocycles. The molecule has 186 valence electrons. The number of nitrogens with one attached hydrogen (secondary N) is 2. The van der Waals surface area contributed by atoms with Crippen LogP contribution >= 0.6 is 0 Å². The molecule has 1 fully saturated rings. The van der Waals surface area contributed by atoms with Crippen molar-refractivity contribution in [2.45, 2.75) is 32.6 Å². The Balaban J connectivity index is 2.34. The van der Waals surface area contributed by atoms with Crippen LogP contribution in [0, 0.1) is 0 Å². The minimum absolute atomic E-state index is 0.0201. The SMILES string of the molecule is C=C/N=C(\N=C(/CC(N)=O)Nc1ccc(CCO)cc1)NC(=C/C(=C)N1CCCC1=O)/C(F)=C\C. The van der Waals surface area contributed by atoms with Gasteiger partial charge in [-0.1, -0.05) is 25.3 Å². The molecule has 1 aromatic carbocycles. The lowest BCUT2D eigenvalue weighted by Gasteiger charge is -2.17. The van der Waals surface area contributed by atoms with Crippen LogP contribution in [0.5, 0.6) is 0 Å². The molecule has 0 unspecified atom stereocenters. The van der Waals surface area contributed by atoms with Gasteiger partial charge in [0.2, 0.25) is 17.8 Å². The van der Waals surface area contributed by atoms with Crippen molar-refractivity contribution in [2.75, 3.05) is 18.5 Å². The number of anilines is 1. The summed E-state index contributed by atoms with van der Waals surface area (Å²) in [5.41, 5.74) is 7.25. The van der Waals surface area contributed by atoms with Crippen LogP contribution in [-0.2, 0) is 16.0 Å². The number of aliphatic hydroxyl groups excluding tert-OH is 1. The molecule has 10 heteroatoms. The number of guanidine groups is 1. The molecule has 0 spiro atoms. The molecule has 9 nitrogen and oxygen atoms in total. The average molecular weight is 483 g/mol. The number of hydrogen-bond donors (Lipinski definition) is 4. The van der Waals surface area contributed by atoms with Crippen LogP contribution in [0.1, 0.15) is 31.7 Å². The summed E-state index contributed by atoms with van der Waals surface area (Å²) in [5.74, 6) is -1.24. The number of aliphatic hydroxyl groups is 1. The normalized spacial score (nSPS) is 15.3. The fourth-order valence-corrected chi connectivity index (χ4v) is 3.27. The lowest BCUT2D eigenvalue weighted by Crippen LogP contribution is -2.28. The summed E-state index contributed by atoms with van der Waals surface area (Å²) in [4.78, 5) is 33.5. The van der Waals surface area contributed by atoms with Crippen LogP contribution < -0.4 is 16.4 Å². The minimum atomic E-state index is -0.637. The smallest absolute Gasteiger partial charge is 0.228 e.